The Morgan fingerprint density at radius 3 is 2.32 bits per heavy atom. The Labute approximate surface area is 217 Å². The van der Waals surface area contributed by atoms with Crippen molar-refractivity contribution in [2.75, 3.05) is 23.9 Å². The van der Waals surface area contributed by atoms with Crippen LogP contribution in [0.1, 0.15) is 21.5 Å². The van der Waals surface area contributed by atoms with Gasteiger partial charge in [0.15, 0.2) is 6.61 Å². The van der Waals surface area contributed by atoms with Gasteiger partial charge in [-0.15, -0.1) is 0 Å². The summed E-state index contributed by atoms with van der Waals surface area (Å²) in [6, 6.07) is 18.5. The molecule has 3 aromatic rings. The molecule has 192 valence electrons. The summed E-state index contributed by atoms with van der Waals surface area (Å²) in [6.45, 7) is 1.62. The standard InChI is InChI=1S/C28H23N3O7/c1-17-7-11-20(12-8-17)29-24(32)16-38-23-6-4-3-5-19(23)15-22-25(33)30-28(36)31(26(22)34)21-13-9-18(10-14-21)27(35)37-2/h3-15H,16H2,1-2H3,(H,29,32)(H,30,33,36)/b22-15+. The minimum Gasteiger partial charge on any atom is -0.483 e. The molecule has 0 aromatic heterocycles. The Bertz CT molecular complexity index is 1440. The van der Waals surface area contributed by atoms with E-state index in [1.54, 1.807) is 36.4 Å². The van der Waals surface area contributed by atoms with Gasteiger partial charge in [-0.2, -0.15) is 0 Å². The van der Waals surface area contributed by atoms with Crippen molar-refractivity contribution in [3.05, 3.63) is 95.1 Å². The van der Waals surface area contributed by atoms with E-state index in [-0.39, 0.29) is 29.2 Å². The van der Waals surface area contributed by atoms with Gasteiger partial charge in [-0.05, 0) is 55.5 Å². The Morgan fingerprint density at radius 1 is 0.947 bits per heavy atom. The molecule has 10 heteroatoms. The van der Waals surface area contributed by atoms with Crippen LogP contribution < -0.4 is 20.3 Å². The van der Waals surface area contributed by atoms with Crippen LogP contribution in [0.15, 0.2) is 78.4 Å². The third-order valence-electron chi connectivity index (χ3n) is 5.56. The highest BCUT2D eigenvalue weighted by molar-refractivity contribution is 6.39. The lowest BCUT2D eigenvalue weighted by atomic mass is 10.1. The quantitative estimate of drug-likeness (QED) is 0.281. The fraction of sp³-hybridized carbons (Fsp3) is 0.107. The van der Waals surface area contributed by atoms with Crippen molar-refractivity contribution >= 4 is 47.2 Å². The molecule has 3 aromatic carbocycles. The van der Waals surface area contributed by atoms with E-state index in [1.807, 2.05) is 19.1 Å². The summed E-state index contributed by atoms with van der Waals surface area (Å²) in [5, 5.41) is 4.87. The highest BCUT2D eigenvalue weighted by Crippen LogP contribution is 2.26. The number of nitrogens with zero attached hydrogens (tertiary/aromatic N) is 1. The van der Waals surface area contributed by atoms with Crippen LogP contribution in [0.25, 0.3) is 6.08 Å². The van der Waals surface area contributed by atoms with Crippen LogP contribution in [0.2, 0.25) is 0 Å². The predicted octanol–water partition coefficient (Wildman–Crippen LogP) is 3.47. The fourth-order valence-corrected chi connectivity index (χ4v) is 3.62. The first-order chi connectivity index (χ1) is 18.3. The van der Waals surface area contributed by atoms with Gasteiger partial charge in [-0.3, -0.25) is 19.7 Å². The van der Waals surface area contributed by atoms with Crippen LogP contribution in [-0.4, -0.2) is 43.4 Å². The summed E-state index contributed by atoms with van der Waals surface area (Å²) >= 11 is 0. The topological polar surface area (TPSA) is 131 Å². The first kappa shape index (κ1) is 25.8. The monoisotopic (exact) mass is 513 g/mol. The molecule has 0 radical (unpaired) electrons. The van der Waals surface area contributed by atoms with Crippen molar-refractivity contribution < 1.29 is 33.4 Å². The maximum Gasteiger partial charge on any atom is 0.337 e. The zero-order chi connectivity index (χ0) is 27.2. The van der Waals surface area contributed by atoms with Crippen LogP contribution in [-0.2, 0) is 19.1 Å². The molecule has 1 heterocycles. The number of rotatable bonds is 7. The zero-order valence-corrected chi connectivity index (χ0v) is 20.5. The van der Waals surface area contributed by atoms with E-state index in [1.165, 1.54) is 37.5 Å². The van der Waals surface area contributed by atoms with E-state index in [4.69, 9.17) is 4.74 Å². The minimum atomic E-state index is -0.930. The number of benzene rings is 3. The zero-order valence-electron chi connectivity index (χ0n) is 20.5. The number of ether oxygens (including phenoxy) is 2. The van der Waals surface area contributed by atoms with Gasteiger partial charge in [0.1, 0.15) is 11.3 Å². The van der Waals surface area contributed by atoms with Crippen LogP contribution in [0, 0.1) is 6.92 Å². The van der Waals surface area contributed by atoms with Gasteiger partial charge in [0.25, 0.3) is 17.7 Å². The van der Waals surface area contributed by atoms with E-state index in [0.717, 1.165) is 10.5 Å². The van der Waals surface area contributed by atoms with Crippen molar-refractivity contribution in [3.8, 4) is 5.75 Å². The molecule has 0 spiro atoms. The molecular weight excluding hydrogens is 490 g/mol. The Balaban J connectivity index is 1.53. The number of methoxy groups -OCH3 is 1. The number of hydrogen-bond donors (Lipinski definition) is 2. The summed E-state index contributed by atoms with van der Waals surface area (Å²) < 4.78 is 10.3. The second-order valence-corrected chi connectivity index (χ2v) is 8.24. The number of nitrogens with one attached hydrogen (secondary N) is 2. The summed E-state index contributed by atoms with van der Waals surface area (Å²) in [7, 11) is 1.23. The first-order valence-corrected chi connectivity index (χ1v) is 11.4. The van der Waals surface area contributed by atoms with Crippen molar-refractivity contribution in [1.29, 1.82) is 0 Å². The number of barbiturate groups is 1. The number of para-hydroxylation sites is 1. The number of carbonyl (C=O) groups is 5. The van der Waals surface area contributed by atoms with E-state index < -0.39 is 29.7 Å². The van der Waals surface area contributed by atoms with Gasteiger partial charge >= 0.3 is 12.0 Å². The molecule has 0 aliphatic carbocycles. The maximum atomic E-state index is 13.2. The highest BCUT2D eigenvalue weighted by Gasteiger charge is 2.37. The number of aryl methyl sites for hydroxylation is 1. The third-order valence-corrected chi connectivity index (χ3v) is 5.56. The normalized spacial score (nSPS) is 14.2. The molecular formula is C28H23N3O7. The van der Waals surface area contributed by atoms with Crippen molar-refractivity contribution in [2.24, 2.45) is 0 Å². The Morgan fingerprint density at radius 2 is 1.63 bits per heavy atom. The third kappa shape index (κ3) is 5.76. The first-order valence-electron chi connectivity index (χ1n) is 11.4. The lowest BCUT2D eigenvalue weighted by molar-refractivity contribution is -0.122. The van der Waals surface area contributed by atoms with Gasteiger partial charge in [0.05, 0.1) is 18.4 Å². The number of amides is 5. The molecule has 2 N–H and O–H groups in total. The highest BCUT2D eigenvalue weighted by atomic mass is 16.5. The van der Waals surface area contributed by atoms with Crippen LogP contribution in [0.5, 0.6) is 5.75 Å². The van der Waals surface area contributed by atoms with Gasteiger partial charge in [0.2, 0.25) is 0 Å². The predicted molar refractivity (Wildman–Crippen MR) is 139 cm³/mol. The molecule has 1 fully saturated rings. The fourth-order valence-electron chi connectivity index (χ4n) is 3.62. The van der Waals surface area contributed by atoms with Crippen LogP contribution in [0.4, 0.5) is 16.2 Å². The van der Waals surface area contributed by atoms with E-state index in [2.05, 4.69) is 15.4 Å². The number of esters is 1. The largest absolute Gasteiger partial charge is 0.483 e. The smallest absolute Gasteiger partial charge is 0.337 e. The SMILES string of the molecule is COC(=O)c1ccc(N2C(=O)NC(=O)/C(=C\c3ccccc3OCC(=O)Nc3ccc(C)cc3)C2=O)cc1. The second kappa shape index (κ2) is 11.2. The van der Waals surface area contributed by atoms with Gasteiger partial charge in [0, 0.05) is 11.3 Å². The molecule has 5 amide bonds. The Kier molecular flexibility index (Phi) is 7.62. The van der Waals surface area contributed by atoms with E-state index in [9.17, 15) is 24.0 Å². The molecule has 1 aliphatic heterocycles. The number of hydrogen-bond acceptors (Lipinski definition) is 7. The van der Waals surface area contributed by atoms with E-state index >= 15 is 0 Å². The van der Waals surface area contributed by atoms with Crippen molar-refractivity contribution in [2.45, 2.75) is 6.92 Å². The Hall–Kier alpha value is -5.25. The second-order valence-electron chi connectivity index (χ2n) is 8.24. The number of carbonyl (C=O) groups excluding carboxylic acids is 5. The molecule has 0 atom stereocenters. The van der Waals surface area contributed by atoms with Crippen LogP contribution in [0.3, 0.4) is 0 Å². The van der Waals surface area contributed by atoms with Gasteiger partial charge in [-0.1, -0.05) is 35.9 Å². The number of imide groups is 2. The van der Waals surface area contributed by atoms with Crippen LogP contribution >= 0.6 is 0 Å². The number of anilines is 2. The molecule has 1 aliphatic rings. The summed E-state index contributed by atoms with van der Waals surface area (Å²) in [6.07, 6.45) is 1.28. The van der Waals surface area contributed by atoms with Gasteiger partial charge in [-0.25, -0.2) is 14.5 Å². The molecule has 38 heavy (non-hydrogen) atoms. The molecule has 1 saturated heterocycles. The molecule has 0 unspecified atom stereocenters. The van der Waals surface area contributed by atoms with Crippen molar-refractivity contribution in [3.63, 3.8) is 0 Å². The average Bonchev–Trinajstić information content (AvgIpc) is 2.91. The lowest BCUT2D eigenvalue weighted by Crippen LogP contribution is -2.54. The summed E-state index contributed by atoms with van der Waals surface area (Å²) in [5.41, 5.74) is 2.09. The molecule has 0 saturated carbocycles. The minimum absolute atomic E-state index is 0.149. The molecule has 0 bridgehead atoms. The number of urea groups is 1. The van der Waals surface area contributed by atoms with E-state index in [0.29, 0.717) is 11.3 Å². The molecule has 10 nitrogen and oxygen atoms in total. The summed E-state index contributed by atoms with van der Waals surface area (Å²) in [4.78, 5) is 63.1. The van der Waals surface area contributed by atoms with Crippen molar-refractivity contribution in [1.82, 2.24) is 5.32 Å². The summed E-state index contributed by atoms with van der Waals surface area (Å²) in [5.74, 6) is -2.46. The average molecular weight is 514 g/mol. The van der Waals surface area contributed by atoms with Gasteiger partial charge < -0.3 is 14.8 Å². The maximum absolute atomic E-state index is 13.2. The lowest BCUT2D eigenvalue weighted by Gasteiger charge is -2.26. The molecule has 4 rings (SSSR count).